The third-order valence-corrected chi connectivity index (χ3v) is 6.27. The number of ether oxygens (including phenoxy) is 1. The second kappa shape index (κ2) is 8.97. The van der Waals surface area contributed by atoms with Crippen LogP contribution in [-0.2, 0) is 17.7 Å². The Morgan fingerprint density at radius 1 is 1.00 bits per heavy atom. The number of hydrogen-bond donors (Lipinski definition) is 1. The van der Waals surface area contributed by atoms with Gasteiger partial charge in [-0.25, -0.2) is 4.79 Å². The van der Waals surface area contributed by atoms with Gasteiger partial charge in [-0.1, -0.05) is 60.7 Å². The normalized spacial score (nSPS) is 20.4. The number of benzene rings is 3. The number of esters is 1. The van der Waals surface area contributed by atoms with Gasteiger partial charge in [-0.3, -0.25) is 9.69 Å². The van der Waals surface area contributed by atoms with Crippen LogP contribution in [0.3, 0.4) is 0 Å². The highest BCUT2D eigenvalue weighted by Crippen LogP contribution is 2.31. The molecule has 0 unspecified atom stereocenters. The highest BCUT2D eigenvalue weighted by atomic mass is 16.5. The summed E-state index contributed by atoms with van der Waals surface area (Å²) >= 11 is 0. The molecule has 1 amide bonds. The van der Waals surface area contributed by atoms with Crippen molar-refractivity contribution < 1.29 is 14.3 Å². The van der Waals surface area contributed by atoms with Gasteiger partial charge >= 0.3 is 5.97 Å². The van der Waals surface area contributed by atoms with Crippen molar-refractivity contribution >= 4 is 11.9 Å². The number of nitrogens with zero attached hydrogens (tertiary/aromatic N) is 1. The van der Waals surface area contributed by atoms with E-state index in [0.29, 0.717) is 17.5 Å². The van der Waals surface area contributed by atoms with E-state index in [1.54, 1.807) is 12.1 Å². The first-order valence-electron chi connectivity index (χ1n) is 11.1. The van der Waals surface area contributed by atoms with E-state index in [4.69, 9.17) is 4.74 Å². The summed E-state index contributed by atoms with van der Waals surface area (Å²) < 4.78 is 5.62. The molecule has 1 N–H and O–H groups in total. The number of amides is 1. The molecule has 32 heavy (non-hydrogen) atoms. The van der Waals surface area contributed by atoms with Crippen molar-refractivity contribution in [2.75, 3.05) is 13.1 Å². The summed E-state index contributed by atoms with van der Waals surface area (Å²) in [5, 5.41) is 3.18. The van der Waals surface area contributed by atoms with E-state index in [0.717, 1.165) is 37.2 Å². The number of nitrogens with one attached hydrogen (secondary N) is 1. The van der Waals surface area contributed by atoms with Crippen molar-refractivity contribution in [2.24, 2.45) is 0 Å². The lowest BCUT2D eigenvalue weighted by molar-refractivity contribution is 0.0252. The summed E-state index contributed by atoms with van der Waals surface area (Å²) in [6, 6.07) is 25.5. The van der Waals surface area contributed by atoms with Crippen molar-refractivity contribution in [3.63, 3.8) is 0 Å². The molecule has 0 saturated carbocycles. The number of cyclic esters (lactones) is 1. The van der Waals surface area contributed by atoms with E-state index in [2.05, 4.69) is 34.5 Å². The minimum absolute atomic E-state index is 0.0884. The molecule has 5 nitrogen and oxygen atoms in total. The summed E-state index contributed by atoms with van der Waals surface area (Å²) in [6.45, 7) is 2.71. The predicted octanol–water partition coefficient (Wildman–Crippen LogP) is 4.15. The summed E-state index contributed by atoms with van der Waals surface area (Å²) in [5.74, 6) is -0.422. The Bertz CT molecular complexity index is 1110. The van der Waals surface area contributed by atoms with Crippen LogP contribution in [0.2, 0.25) is 0 Å². The topological polar surface area (TPSA) is 58.6 Å². The Morgan fingerprint density at radius 2 is 1.75 bits per heavy atom. The molecule has 5 rings (SSSR count). The van der Waals surface area contributed by atoms with E-state index in [1.165, 1.54) is 5.56 Å². The quantitative estimate of drug-likeness (QED) is 0.623. The summed E-state index contributed by atoms with van der Waals surface area (Å²) in [6.07, 6.45) is 1.18. The average molecular weight is 427 g/mol. The van der Waals surface area contributed by atoms with Crippen molar-refractivity contribution in [1.29, 1.82) is 0 Å². The Kier molecular flexibility index (Phi) is 5.73. The number of likely N-dealkylation sites (tertiary alicyclic amines) is 1. The number of rotatable bonds is 5. The molecular formula is C27H26N2O3. The maximum atomic E-state index is 12.9. The molecule has 1 saturated heterocycles. The van der Waals surface area contributed by atoms with Crippen LogP contribution in [0.25, 0.3) is 0 Å². The molecule has 2 atom stereocenters. The van der Waals surface area contributed by atoms with Crippen molar-refractivity contribution in [3.8, 4) is 0 Å². The zero-order valence-electron chi connectivity index (χ0n) is 17.9. The fourth-order valence-corrected chi connectivity index (χ4v) is 4.60. The van der Waals surface area contributed by atoms with Crippen LogP contribution in [0.1, 0.15) is 49.9 Å². The number of carbonyl (C=O) groups excluding carboxylic acids is 2. The number of hydrogen-bond acceptors (Lipinski definition) is 4. The van der Waals surface area contributed by atoms with Crippen LogP contribution in [0.5, 0.6) is 0 Å². The van der Waals surface area contributed by atoms with Crippen LogP contribution in [0.4, 0.5) is 0 Å². The van der Waals surface area contributed by atoms with Crippen LogP contribution >= 0.6 is 0 Å². The van der Waals surface area contributed by atoms with E-state index < -0.39 is 0 Å². The first-order valence-corrected chi connectivity index (χ1v) is 11.1. The second-order valence-electron chi connectivity index (χ2n) is 8.56. The third-order valence-electron chi connectivity index (χ3n) is 6.27. The maximum absolute atomic E-state index is 12.9. The highest BCUT2D eigenvalue weighted by molar-refractivity contribution is 5.98. The molecule has 1 fully saturated rings. The smallest absolute Gasteiger partial charge is 0.339 e. The molecule has 5 heteroatoms. The zero-order valence-corrected chi connectivity index (χ0v) is 17.9. The minimum Gasteiger partial charge on any atom is -0.454 e. The van der Waals surface area contributed by atoms with Crippen LogP contribution < -0.4 is 5.32 Å². The molecule has 2 aliphatic rings. The molecule has 3 aromatic carbocycles. The monoisotopic (exact) mass is 426 g/mol. The van der Waals surface area contributed by atoms with Gasteiger partial charge in [0.2, 0.25) is 0 Å². The Labute approximate surface area is 188 Å². The maximum Gasteiger partial charge on any atom is 0.339 e. The van der Waals surface area contributed by atoms with Crippen LogP contribution in [0.15, 0.2) is 78.9 Å². The van der Waals surface area contributed by atoms with Gasteiger partial charge in [-0.15, -0.1) is 0 Å². The third kappa shape index (κ3) is 4.43. The summed E-state index contributed by atoms with van der Waals surface area (Å²) in [5.41, 5.74) is 4.25. The van der Waals surface area contributed by atoms with Gasteiger partial charge in [-0.05, 0) is 41.3 Å². The fraction of sp³-hybridized carbons (Fsp3) is 0.259. The zero-order chi connectivity index (χ0) is 21.9. The molecule has 0 spiro atoms. The molecule has 2 heterocycles. The predicted molar refractivity (Wildman–Crippen MR) is 122 cm³/mol. The lowest BCUT2D eigenvalue weighted by Gasteiger charge is -2.25. The van der Waals surface area contributed by atoms with E-state index in [-0.39, 0.29) is 24.0 Å². The molecule has 0 radical (unpaired) electrons. The Balaban J connectivity index is 1.24. The van der Waals surface area contributed by atoms with Gasteiger partial charge in [0.15, 0.2) is 0 Å². The Hall–Kier alpha value is -3.44. The van der Waals surface area contributed by atoms with Crippen molar-refractivity contribution in [1.82, 2.24) is 10.2 Å². The van der Waals surface area contributed by atoms with E-state index in [9.17, 15) is 9.59 Å². The van der Waals surface area contributed by atoms with Crippen LogP contribution in [0, 0.1) is 0 Å². The van der Waals surface area contributed by atoms with Crippen molar-refractivity contribution in [3.05, 3.63) is 107 Å². The first-order chi connectivity index (χ1) is 15.7. The first kappa shape index (κ1) is 20.5. The van der Waals surface area contributed by atoms with Gasteiger partial charge in [-0.2, -0.15) is 0 Å². The molecule has 0 bridgehead atoms. The van der Waals surface area contributed by atoms with Gasteiger partial charge in [0.25, 0.3) is 5.91 Å². The van der Waals surface area contributed by atoms with Gasteiger partial charge in [0, 0.05) is 37.7 Å². The van der Waals surface area contributed by atoms with Gasteiger partial charge in [0.05, 0.1) is 5.56 Å². The average Bonchev–Trinajstić information content (AvgIpc) is 3.26. The van der Waals surface area contributed by atoms with Gasteiger partial charge < -0.3 is 10.1 Å². The Morgan fingerprint density at radius 3 is 2.53 bits per heavy atom. The molecule has 3 aromatic rings. The standard InChI is InChI=1S/C27H26N2O3/c30-26(28-23-13-14-29(18-23)17-19-7-3-1-4-8-19)21-11-12-24-22(15-21)16-25(32-27(24)31)20-9-5-2-6-10-20/h1-12,15,23,25H,13-14,16-18H2,(H,28,30)/t23-,25+/m0/s1. The molecule has 2 aliphatic heterocycles. The lowest BCUT2D eigenvalue weighted by atomic mass is 9.93. The largest absolute Gasteiger partial charge is 0.454 e. The number of fused-ring (bicyclic) bond motifs is 1. The van der Waals surface area contributed by atoms with E-state index in [1.807, 2.05) is 42.5 Å². The summed E-state index contributed by atoms with van der Waals surface area (Å²) in [7, 11) is 0. The highest BCUT2D eigenvalue weighted by Gasteiger charge is 2.29. The molecule has 162 valence electrons. The van der Waals surface area contributed by atoms with E-state index >= 15 is 0 Å². The fourth-order valence-electron chi connectivity index (χ4n) is 4.60. The second-order valence-corrected chi connectivity index (χ2v) is 8.56. The van der Waals surface area contributed by atoms with Crippen LogP contribution in [-0.4, -0.2) is 35.9 Å². The summed E-state index contributed by atoms with van der Waals surface area (Å²) in [4.78, 5) is 27.8. The molecular weight excluding hydrogens is 400 g/mol. The SMILES string of the molecule is O=C(N[C@H]1CCN(Cc2ccccc2)C1)c1ccc2c(c1)C[C@H](c1ccccc1)OC2=O. The van der Waals surface area contributed by atoms with Crippen molar-refractivity contribution in [2.45, 2.75) is 31.5 Å². The molecule has 0 aromatic heterocycles. The molecule has 0 aliphatic carbocycles. The number of carbonyl (C=O) groups is 2. The van der Waals surface area contributed by atoms with Gasteiger partial charge in [0.1, 0.15) is 6.10 Å². The minimum atomic E-state index is -0.334. The lowest BCUT2D eigenvalue weighted by Crippen LogP contribution is -2.37.